The van der Waals surface area contributed by atoms with Crippen LogP contribution in [0.4, 0.5) is 5.69 Å². The monoisotopic (exact) mass is 375 g/mol. The number of nitrogens with one attached hydrogen (secondary N) is 1. The first-order valence-corrected chi connectivity index (χ1v) is 8.80. The van der Waals surface area contributed by atoms with E-state index in [4.69, 9.17) is 21.1 Å². The average molecular weight is 376 g/mol. The molecule has 0 saturated heterocycles. The van der Waals surface area contributed by atoms with Crippen LogP contribution in [-0.4, -0.2) is 25.4 Å². The number of rotatable bonds is 8. The van der Waals surface area contributed by atoms with Gasteiger partial charge in [-0.3, -0.25) is 9.59 Å². The van der Waals surface area contributed by atoms with E-state index in [1.807, 2.05) is 13.8 Å². The minimum absolute atomic E-state index is 0.00848. The third-order valence-corrected chi connectivity index (χ3v) is 4.27. The maximum absolute atomic E-state index is 12.6. The standard InChI is InChI=1S/C20H22ClNO4/c1-4-16(5-2)26-18-11-14(10-17(21)19(18)25-3)20(24)22-15-8-6-13(12-23)7-9-15/h6-12,16H,4-5H2,1-3H3,(H,22,24). The Morgan fingerprint density at radius 1 is 1.19 bits per heavy atom. The molecule has 138 valence electrons. The Bertz CT molecular complexity index is 770. The van der Waals surface area contributed by atoms with Crippen molar-refractivity contribution < 1.29 is 19.1 Å². The largest absolute Gasteiger partial charge is 0.491 e. The Kier molecular flexibility index (Phi) is 7.04. The predicted octanol–water partition coefficient (Wildman–Crippen LogP) is 4.98. The number of hydrogen-bond donors (Lipinski definition) is 1. The molecule has 0 spiro atoms. The molecule has 0 radical (unpaired) electrons. The number of carbonyl (C=O) groups excluding carboxylic acids is 2. The smallest absolute Gasteiger partial charge is 0.255 e. The lowest BCUT2D eigenvalue weighted by Crippen LogP contribution is -2.16. The molecule has 0 unspecified atom stereocenters. The highest BCUT2D eigenvalue weighted by molar-refractivity contribution is 6.32. The van der Waals surface area contributed by atoms with Crippen molar-refractivity contribution in [3.63, 3.8) is 0 Å². The number of anilines is 1. The zero-order valence-corrected chi connectivity index (χ0v) is 15.8. The lowest BCUT2D eigenvalue weighted by molar-refractivity contribution is 0.102. The van der Waals surface area contributed by atoms with Gasteiger partial charge in [0.25, 0.3) is 5.91 Å². The number of amides is 1. The highest BCUT2D eigenvalue weighted by Crippen LogP contribution is 2.37. The number of methoxy groups -OCH3 is 1. The molecule has 0 bridgehead atoms. The van der Waals surface area contributed by atoms with Gasteiger partial charge in [0.2, 0.25) is 0 Å². The Morgan fingerprint density at radius 3 is 2.38 bits per heavy atom. The average Bonchev–Trinajstić information content (AvgIpc) is 2.66. The van der Waals surface area contributed by atoms with E-state index in [2.05, 4.69) is 5.32 Å². The van der Waals surface area contributed by atoms with Crippen molar-refractivity contribution in [2.75, 3.05) is 12.4 Å². The molecule has 2 rings (SSSR count). The number of carbonyl (C=O) groups is 2. The van der Waals surface area contributed by atoms with Crippen LogP contribution in [0.25, 0.3) is 0 Å². The van der Waals surface area contributed by atoms with E-state index in [0.717, 1.165) is 19.1 Å². The molecular weight excluding hydrogens is 354 g/mol. The summed E-state index contributed by atoms with van der Waals surface area (Å²) in [5.74, 6) is 0.517. The minimum atomic E-state index is -0.331. The second-order valence-electron chi connectivity index (χ2n) is 5.74. The maximum Gasteiger partial charge on any atom is 0.255 e. The van der Waals surface area contributed by atoms with E-state index < -0.39 is 0 Å². The first-order valence-electron chi connectivity index (χ1n) is 8.43. The fourth-order valence-corrected chi connectivity index (χ4v) is 2.76. The number of halogens is 1. The van der Waals surface area contributed by atoms with E-state index in [0.29, 0.717) is 33.3 Å². The summed E-state index contributed by atoms with van der Waals surface area (Å²) in [4.78, 5) is 23.3. The summed E-state index contributed by atoms with van der Waals surface area (Å²) < 4.78 is 11.3. The summed E-state index contributed by atoms with van der Waals surface area (Å²) in [5, 5.41) is 3.08. The molecule has 0 heterocycles. The molecule has 1 amide bonds. The summed E-state index contributed by atoms with van der Waals surface area (Å²) in [6.45, 7) is 4.06. The van der Waals surface area contributed by atoms with Gasteiger partial charge in [0.05, 0.1) is 18.2 Å². The molecule has 0 aliphatic carbocycles. The van der Waals surface area contributed by atoms with Gasteiger partial charge in [-0.15, -0.1) is 0 Å². The molecule has 0 atom stereocenters. The molecule has 2 aromatic rings. The SMILES string of the molecule is CCC(CC)Oc1cc(C(=O)Nc2ccc(C=O)cc2)cc(Cl)c1OC. The van der Waals surface area contributed by atoms with Crippen LogP contribution >= 0.6 is 11.6 Å². The summed E-state index contributed by atoms with van der Waals surface area (Å²) >= 11 is 6.27. The summed E-state index contributed by atoms with van der Waals surface area (Å²) in [5.41, 5.74) is 1.47. The molecule has 0 aromatic heterocycles. The van der Waals surface area contributed by atoms with E-state index in [1.54, 1.807) is 30.3 Å². The number of benzene rings is 2. The Morgan fingerprint density at radius 2 is 1.85 bits per heavy atom. The van der Waals surface area contributed by atoms with Crippen molar-refractivity contribution in [3.05, 3.63) is 52.5 Å². The van der Waals surface area contributed by atoms with Gasteiger partial charge in [-0.25, -0.2) is 0 Å². The Hall–Kier alpha value is -2.53. The second kappa shape index (κ2) is 9.25. The molecule has 0 saturated carbocycles. The summed E-state index contributed by atoms with van der Waals surface area (Å²) in [7, 11) is 1.51. The molecule has 2 aromatic carbocycles. The van der Waals surface area contributed by atoms with E-state index >= 15 is 0 Å². The highest BCUT2D eigenvalue weighted by atomic mass is 35.5. The third kappa shape index (κ3) is 4.76. The van der Waals surface area contributed by atoms with Crippen LogP contribution in [-0.2, 0) is 0 Å². The third-order valence-electron chi connectivity index (χ3n) is 3.98. The van der Waals surface area contributed by atoms with Crippen molar-refractivity contribution >= 4 is 29.5 Å². The van der Waals surface area contributed by atoms with Gasteiger partial charge < -0.3 is 14.8 Å². The second-order valence-corrected chi connectivity index (χ2v) is 6.15. The quantitative estimate of drug-likeness (QED) is 0.661. The maximum atomic E-state index is 12.6. The van der Waals surface area contributed by atoms with Gasteiger partial charge in [0, 0.05) is 16.8 Å². The number of hydrogen-bond acceptors (Lipinski definition) is 4. The van der Waals surface area contributed by atoms with Gasteiger partial charge in [0.15, 0.2) is 11.5 Å². The van der Waals surface area contributed by atoms with Crippen LogP contribution in [0.15, 0.2) is 36.4 Å². The summed E-state index contributed by atoms with van der Waals surface area (Å²) in [6, 6.07) is 9.74. The van der Waals surface area contributed by atoms with Crippen LogP contribution < -0.4 is 14.8 Å². The Labute approximate surface area is 158 Å². The molecule has 5 nitrogen and oxygen atoms in total. The molecule has 26 heavy (non-hydrogen) atoms. The van der Waals surface area contributed by atoms with Crippen molar-refractivity contribution in [3.8, 4) is 11.5 Å². The van der Waals surface area contributed by atoms with Crippen LogP contribution in [0.1, 0.15) is 47.4 Å². The molecule has 0 aliphatic heterocycles. The Balaban J connectivity index is 2.28. The topological polar surface area (TPSA) is 64.6 Å². The normalized spacial score (nSPS) is 10.5. The fraction of sp³-hybridized carbons (Fsp3) is 0.300. The predicted molar refractivity (Wildman–Crippen MR) is 103 cm³/mol. The number of ether oxygens (including phenoxy) is 2. The van der Waals surface area contributed by atoms with Gasteiger partial charge in [-0.2, -0.15) is 0 Å². The fourth-order valence-electron chi connectivity index (χ4n) is 2.47. The van der Waals surface area contributed by atoms with Crippen LogP contribution in [0.3, 0.4) is 0 Å². The van der Waals surface area contributed by atoms with Crippen molar-refractivity contribution in [2.45, 2.75) is 32.8 Å². The minimum Gasteiger partial charge on any atom is -0.491 e. The summed E-state index contributed by atoms with van der Waals surface area (Å²) in [6.07, 6.45) is 2.42. The molecular formula is C20H22ClNO4. The molecule has 0 aliphatic rings. The molecule has 6 heteroatoms. The zero-order chi connectivity index (χ0) is 19.1. The van der Waals surface area contributed by atoms with Crippen molar-refractivity contribution in [2.24, 2.45) is 0 Å². The van der Waals surface area contributed by atoms with E-state index in [-0.39, 0.29) is 12.0 Å². The van der Waals surface area contributed by atoms with Crippen molar-refractivity contribution in [1.29, 1.82) is 0 Å². The van der Waals surface area contributed by atoms with E-state index in [1.165, 1.54) is 13.2 Å². The van der Waals surface area contributed by atoms with E-state index in [9.17, 15) is 9.59 Å². The zero-order valence-electron chi connectivity index (χ0n) is 15.0. The first-order chi connectivity index (χ1) is 12.5. The van der Waals surface area contributed by atoms with Crippen LogP contribution in [0.5, 0.6) is 11.5 Å². The lowest BCUT2D eigenvalue weighted by Gasteiger charge is -2.19. The van der Waals surface area contributed by atoms with Crippen LogP contribution in [0, 0.1) is 0 Å². The molecule has 1 N–H and O–H groups in total. The van der Waals surface area contributed by atoms with Gasteiger partial charge in [0.1, 0.15) is 6.29 Å². The van der Waals surface area contributed by atoms with Crippen LogP contribution in [0.2, 0.25) is 5.02 Å². The lowest BCUT2D eigenvalue weighted by atomic mass is 10.1. The number of aldehydes is 1. The molecule has 0 fully saturated rings. The highest BCUT2D eigenvalue weighted by Gasteiger charge is 2.18. The van der Waals surface area contributed by atoms with Gasteiger partial charge in [-0.05, 0) is 49.2 Å². The van der Waals surface area contributed by atoms with Gasteiger partial charge in [-0.1, -0.05) is 25.4 Å². The van der Waals surface area contributed by atoms with Crippen molar-refractivity contribution in [1.82, 2.24) is 0 Å². The van der Waals surface area contributed by atoms with Gasteiger partial charge >= 0.3 is 0 Å². The first kappa shape index (κ1) is 19.8.